The fourth-order valence-electron chi connectivity index (χ4n) is 2.05. The number of carbonyl (C=O) groups is 1. The van der Waals surface area contributed by atoms with E-state index in [9.17, 15) is 4.79 Å². The van der Waals surface area contributed by atoms with Gasteiger partial charge in [0, 0.05) is 16.0 Å². The summed E-state index contributed by atoms with van der Waals surface area (Å²) < 4.78 is 0. The quantitative estimate of drug-likeness (QED) is 0.783. The van der Waals surface area contributed by atoms with Gasteiger partial charge in [0.2, 0.25) is 0 Å². The van der Waals surface area contributed by atoms with Crippen molar-refractivity contribution in [2.75, 3.05) is 0 Å². The molecule has 0 aliphatic heterocycles. The Bertz CT molecular complexity index is 558. The Morgan fingerprint density at radius 2 is 1.42 bits per heavy atom. The Kier molecular flexibility index (Phi) is 4.62. The number of halogens is 2. The molecule has 1 atom stereocenters. The number of carbonyl (C=O) groups excluding carboxylic acids is 1. The van der Waals surface area contributed by atoms with Gasteiger partial charge in [-0.25, -0.2) is 0 Å². The zero-order valence-corrected chi connectivity index (χ0v) is 12.1. The normalized spacial score (nSPS) is 12.2. The first-order valence-corrected chi connectivity index (χ1v) is 6.82. The van der Waals surface area contributed by atoms with Gasteiger partial charge in [-0.15, -0.1) is 0 Å². The number of rotatable bonds is 4. The molecule has 0 radical (unpaired) electrons. The van der Waals surface area contributed by atoms with E-state index in [2.05, 4.69) is 0 Å². The molecule has 19 heavy (non-hydrogen) atoms. The van der Waals surface area contributed by atoms with Crippen LogP contribution in [0.2, 0.25) is 10.0 Å². The van der Waals surface area contributed by atoms with E-state index in [0.29, 0.717) is 16.5 Å². The largest absolute Gasteiger partial charge is 0.299 e. The average molecular weight is 293 g/mol. The number of hydrogen-bond donors (Lipinski definition) is 0. The summed E-state index contributed by atoms with van der Waals surface area (Å²) in [5, 5.41) is 1.38. The van der Waals surface area contributed by atoms with Gasteiger partial charge < -0.3 is 0 Å². The van der Waals surface area contributed by atoms with Crippen molar-refractivity contribution in [2.24, 2.45) is 0 Å². The monoisotopic (exact) mass is 292 g/mol. The van der Waals surface area contributed by atoms with Gasteiger partial charge in [0.15, 0.2) is 0 Å². The molecule has 3 heteroatoms. The Balaban J connectivity index is 2.23. The van der Waals surface area contributed by atoms with Crippen molar-refractivity contribution >= 4 is 29.0 Å². The molecule has 0 unspecified atom stereocenters. The van der Waals surface area contributed by atoms with E-state index in [4.69, 9.17) is 23.2 Å². The molecule has 0 saturated carbocycles. The van der Waals surface area contributed by atoms with Crippen LogP contribution in [0.4, 0.5) is 0 Å². The van der Waals surface area contributed by atoms with Crippen molar-refractivity contribution in [3.05, 3.63) is 69.7 Å². The molecule has 0 saturated heterocycles. The SMILES string of the molecule is CC(=O)[C@@H](Cc1ccc(Cl)cc1)c1ccc(Cl)cc1. The van der Waals surface area contributed by atoms with Crippen LogP contribution in [-0.2, 0) is 11.2 Å². The molecule has 0 N–H and O–H groups in total. The van der Waals surface area contributed by atoms with Crippen molar-refractivity contribution in [1.82, 2.24) is 0 Å². The van der Waals surface area contributed by atoms with Crippen LogP contribution in [0, 0.1) is 0 Å². The molecule has 0 spiro atoms. The van der Waals surface area contributed by atoms with Crippen LogP contribution in [-0.4, -0.2) is 5.78 Å². The van der Waals surface area contributed by atoms with E-state index < -0.39 is 0 Å². The summed E-state index contributed by atoms with van der Waals surface area (Å²) in [5.41, 5.74) is 2.09. The molecule has 1 nitrogen and oxygen atoms in total. The highest BCUT2D eigenvalue weighted by Gasteiger charge is 2.17. The fourth-order valence-corrected chi connectivity index (χ4v) is 2.30. The molecule has 0 bridgehead atoms. The van der Waals surface area contributed by atoms with Crippen molar-refractivity contribution in [2.45, 2.75) is 19.3 Å². The Morgan fingerprint density at radius 1 is 0.947 bits per heavy atom. The zero-order chi connectivity index (χ0) is 13.8. The molecule has 0 heterocycles. The lowest BCUT2D eigenvalue weighted by Gasteiger charge is -2.14. The Morgan fingerprint density at radius 3 is 1.89 bits per heavy atom. The van der Waals surface area contributed by atoms with Gasteiger partial charge in [0.05, 0.1) is 0 Å². The van der Waals surface area contributed by atoms with E-state index in [1.54, 1.807) is 6.92 Å². The minimum absolute atomic E-state index is 0.140. The molecule has 2 rings (SSSR count). The summed E-state index contributed by atoms with van der Waals surface area (Å²) in [6, 6.07) is 15.0. The minimum Gasteiger partial charge on any atom is -0.299 e. The molecule has 0 aliphatic carbocycles. The van der Waals surface area contributed by atoms with Crippen molar-refractivity contribution in [1.29, 1.82) is 0 Å². The summed E-state index contributed by atoms with van der Waals surface area (Å²) in [5.74, 6) is 0.00992. The van der Waals surface area contributed by atoms with Crippen LogP contribution < -0.4 is 0 Å². The second kappa shape index (κ2) is 6.23. The Labute approximate surface area is 123 Å². The second-order valence-electron chi connectivity index (χ2n) is 4.55. The maximum absolute atomic E-state index is 11.8. The maximum Gasteiger partial charge on any atom is 0.137 e. The smallest absolute Gasteiger partial charge is 0.137 e. The topological polar surface area (TPSA) is 17.1 Å². The van der Waals surface area contributed by atoms with Crippen LogP contribution in [0.15, 0.2) is 48.5 Å². The first-order valence-electron chi connectivity index (χ1n) is 6.06. The fraction of sp³-hybridized carbons (Fsp3) is 0.188. The summed E-state index contributed by atoms with van der Waals surface area (Å²) in [6.07, 6.45) is 0.675. The standard InChI is InChI=1S/C16H14Cl2O/c1-11(19)16(13-4-8-15(18)9-5-13)10-12-2-6-14(17)7-3-12/h2-9,16H,10H2,1H3/t16-/m1/s1. The van der Waals surface area contributed by atoms with Crippen LogP contribution >= 0.6 is 23.2 Å². The number of hydrogen-bond acceptors (Lipinski definition) is 1. The van der Waals surface area contributed by atoms with Gasteiger partial charge >= 0.3 is 0 Å². The van der Waals surface area contributed by atoms with Crippen LogP contribution in [0.3, 0.4) is 0 Å². The van der Waals surface area contributed by atoms with E-state index in [-0.39, 0.29) is 11.7 Å². The third kappa shape index (κ3) is 3.82. The van der Waals surface area contributed by atoms with Gasteiger partial charge in [-0.3, -0.25) is 4.79 Å². The van der Waals surface area contributed by atoms with Gasteiger partial charge in [0.25, 0.3) is 0 Å². The van der Waals surface area contributed by atoms with E-state index in [0.717, 1.165) is 11.1 Å². The number of Topliss-reactive ketones (excluding diaryl/α,β-unsaturated/α-hetero) is 1. The van der Waals surface area contributed by atoms with Crippen LogP contribution in [0.25, 0.3) is 0 Å². The molecule has 2 aromatic carbocycles. The van der Waals surface area contributed by atoms with E-state index in [1.807, 2.05) is 48.5 Å². The summed E-state index contributed by atoms with van der Waals surface area (Å²) >= 11 is 11.7. The van der Waals surface area contributed by atoms with Crippen LogP contribution in [0.1, 0.15) is 24.0 Å². The van der Waals surface area contributed by atoms with Crippen molar-refractivity contribution in [3.8, 4) is 0 Å². The van der Waals surface area contributed by atoms with Gasteiger partial charge in [-0.1, -0.05) is 47.5 Å². The van der Waals surface area contributed by atoms with Gasteiger partial charge in [-0.05, 0) is 48.7 Å². The van der Waals surface area contributed by atoms with E-state index in [1.165, 1.54) is 0 Å². The summed E-state index contributed by atoms with van der Waals surface area (Å²) in [6.45, 7) is 1.62. The second-order valence-corrected chi connectivity index (χ2v) is 5.42. The first kappa shape index (κ1) is 14.1. The lowest BCUT2D eigenvalue weighted by Crippen LogP contribution is -2.11. The maximum atomic E-state index is 11.8. The molecular formula is C16H14Cl2O. The molecule has 0 aromatic heterocycles. The van der Waals surface area contributed by atoms with Gasteiger partial charge in [-0.2, -0.15) is 0 Å². The summed E-state index contributed by atoms with van der Waals surface area (Å²) in [7, 11) is 0. The van der Waals surface area contributed by atoms with Crippen LogP contribution in [0.5, 0.6) is 0 Å². The van der Waals surface area contributed by atoms with Gasteiger partial charge in [0.1, 0.15) is 5.78 Å². The lowest BCUT2D eigenvalue weighted by molar-refractivity contribution is -0.118. The lowest BCUT2D eigenvalue weighted by atomic mass is 9.89. The number of ketones is 1. The van der Waals surface area contributed by atoms with Crippen molar-refractivity contribution in [3.63, 3.8) is 0 Å². The number of benzene rings is 2. The Hall–Kier alpha value is -1.31. The molecule has 0 fully saturated rings. The predicted molar refractivity (Wildman–Crippen MR) is 80.0 cm³/mol. The zero-order valence-electron chi connectivity index (χ0n) is 10.6. The third-order valence-electron chi connectivity index (χ3n) is 3.12. The first-order chi connectivity index (χ1) is 9.06. The molecular weight excluding hydrogens is 279 g/mol. The summed E-state index contributed by atoms with van der Waals surface area (Å²) in [4.78, 5) is 11.8. The predicted octanol–water partition coefficient (Wildman–Crippen LogP) is 4.91. The van der Waals surface area contributed by atoms with E-state index >= 15 is 0 Å². The molecule has 0 aliphatic rings. The minimum atomic E-state index is -0.140. The highest BCUT2D eigenvalue weighted by molar-refractivity contribution is 6.30. The molecule has 0 amide bonds. The van der Waals surface area contributed by atoms with Crippen molar-refractivity contribution < 1.29 is 4.79 Å². The third-order valence-corrected chi connectivity index (χ3v) is 3.62. The average Bonchev–Trinajstić information content (AvgIpc) is 2.39. The highest BCUT2D eigenvalue weighted by Crippen LogP contribution is 2.24. The molecule has 2 aromatic rings. The highest BCUT2D eigenvalue weighted by atomic mass is 35.5. The molecule has 98 valence electrons.